The summed E-state index contributed by atoms with van der Waals surface area (Å²) in [6, 6.07) is 0. The Balaban J connectivity index is 2.45. The maximum absolute atomic E-state index is 13.0. The number of hydrogen-bond acceptors (Lipinski definition) is 5. The minimum absolute atomic E-state index is 0.0983. The van der Waals surface area contributed by atoms with E-state index >= 15 is 0 Å². The highest BCUT2D eigenvalue weighted by Gasteiger charge is 2.65. The molecule has 0 bridgehead atoms. The maximum atomic E-state index is 13.0. The first-order valence-corrected chi connectivity index (χ1v) is 5.98. The quantitative estimate of drug-likeness (QED) is 0.678. The van der Waals surface area contributed by atoms with Crippen molar-refractivity contribution in [2.45, 2.75) is 37.5 Å². The lowest BCUT2D eigenvalue weighted by molar-refractivity contribution is -0.305. The van der Waals surface area contributed by atoms with Gasteiger partial charge in [0.05, 0.1) is 12.7 Å². The second-order valence-electron chi connectivity index (χ2n) is 4.85. The fraction of sp³-hybridized carbons (Fsp3) is 0.636. The van der Waals surface area contributed by atoms with Crippen molar-refractivity contribution in [3.63, 3.8) is 0 Å². The van der Waals surface area contributed by atoms with Crippen LogP contribution in [0.2, 0.25) is 0 Å². The van der Waals surface area contributed by atoms with Crippen LogP contribution >= 0.6 is 0 Å². The predicted octanol–water partition coefficient (Wildman–Crippen LogP) is -0.582. The summed E-state index contributed by atoms with van der Waals surface area (Å²) in [7, 11) is 0. The van der Waals surface area contributed by atoms with E-state index in [2.05, 4.69) is 0 Å². The molecule has 3 N–H and O–H groups in total. The zero-order valence-corrected chi connectivity index (χ0v) is 10.8. The van der Waals surface area contributed by atoms with Gasteiger partial charge < -0.3 is 14.9 Å². The first kappa shape index (κ1) is 15.7. The molecule has 0 aliphatic carbocycles. The number of hydrogen-bond donors (Lipinski definition) is 3. The molecule has 0 amide bonds. The van der Waals surface area contributed by atoms with E-state index in [1.807, 2.05) is 4.98 Å². The molecule has 2 rings (SSSR count). The van der Waals surface area contributed by atoms with Crippen molar-refractivity contribution in [2.75, 3.05) is 6.61 Å². The van der Waals surface area contributed by atoms with Gasteiger partial charge in [-0.05, 0) is 6.92 Å². The molecule has 1 aromatic rings. The maximum Gasteiger partial charge on any atom is 0.422 e. The van der Waals surface area contributed by atoms with Crippen molar-refractivity contribution < 1.29 is 28.1 Å². The average molecular weight is 310 g/mol. The summed E-state index contributed by atoms with van der Waals surface area (Å²) >= 11 is 0. The van der Waals surface area contributed by atoms with Crippen LogP contribution in [0.3, 0.4) is 0 Å². The summed E-state index contributed by atoms with van der Waals surface area (Å²) in [6.07, 6.45) is -8.01. The molecule has 118 valence electrons. The highest BCUT2D eigenvalue weighted by molar-refractivity contribution is 5.05. The van der Waals surface area contributed by atoms with E-state index < -0.39 is 48.4 Å². The molecule has 0 radical (unpaired) electrons. The first-order chi connectivity index (χ1) is 9.62. The fourth-order valence-electron chi connectivity index (χ4n) is 2.21. The van der Waals surface area contributed by atoms with Crippen molar-refractivity contribution in [3.8, 4) is 0 Å². The molecular formula is C11H13F3N2O5. The number of aromatic amines is 1. The van der Waals surface area contributed by atoms with Gasteiger partial charge in [0.15, 0.2) is 0 Å². The van der Waals surface area contributed by atoms with Crippen LogP contribution < -0.4 is 11.2 Å². The van der Waals surface area contributed by atoms with E-state index in [9.17, 15) is 27.9 Å². The molecule has 1 saturated heterocycles. The minimum Gasteiger partial charge on any atom is -0.393 e. The monoisotopic (exact) mass is 310 g/mol. The summed E-state index contributed by atoms with van der Waals surface area (Å²) in [4.78, 5) is 24.8. The number of aryl methyl sites for hydroxylation is 1. The summed E-state index contributed by atoms with van der Waals surface area (Å²) < 4.78 is 44.5. The van der Waals surface area contributed by atoms with Crippen LogP contribution in [-0.4, -0.2) is 44.3 Å². The van der Waals surface area contributed by atoms with Gasteiger partial charge in [-0.2, -0.15) is 13.2 Å². The van der Waals surface area contributed by atoms with Crippen molar-refractivity contribution in [1.29, 1.82) is 0 Å². The molecule has 10 heteroatoms. The Morgan fingerprint density at radius 1 is 1.52 bits per heavy atom. The number of aliphatic hydroxyl groups is 2. The van der Waals surface area contributed by atoms with Gasteiger partial charge in [0, 0.05) is 18.2 Å². The number of nitrogens with zero attached hydrogens (tertiary/aromatic N) is 1. The molecule has 21 heavy (non-hydrogen) atoms. The molecule has 2 heterocycles. The molecule has 1 fully saturated rings. The largest absolute Gasteiger partial charge is 0.422 e. The zero-order chi connectivity index (χ0) is 16.0. The number of aliphatic hydroxyl groups excluding tert-OH is 2. The molecule has 1 aliphatic rings. The number of ether oxygens (including phenoxy) is 1. The van der Waals surface area contributed by atoms with Gasteiger partial charge in [0.1, 0.15) is 6.23 Å². The first-order valence-electron chi connectivity index (χ1n) is 5.98. The number of alkyl halides is 3. The van der Waals surface area contributed by atoms with Crippen LogP contribution in [0, 0.1) is 6.92 Å². The normalized spacial score (nSPS) is 29.8. The molecule has 1 aromatic heterocycles. The fourth-order valence-corrected chi connectivity index (χ4v) is 2.21. The zero-order valence-electron chi connectivity index (χ0n) is 10.8. The lowest BCUT2D eigenvalue weighted by atomic mass is 9.97. The number of aromatic nitrogens is 2. The van der Waals surface area contributed by atoms with E-state index in [0.29, 0.717) is 0 Å². The Hall–Kier alpha value is -1.65. The average Bonchev–Trinajstić information content (AvgIpc) is 2.71. The standard InChI is InChI=1S/C11H13F3N2O5/c1-5-3-16(9(20)15-8(5)19)7-2-6(18)10(4-17,21-7)11(12,13)14/h3,6-7,17-18H,2,4H2,1H3,(H,15,19,20). The highest BCUT2D eigenvalue weighted by Crippen LogP contribution is 2.46. The van der Waals surface area contributed by atoms with Crippen molar-refractivity contribution >= 4 is 0 Å². The SMILES string of the molecule is Cc1cn(C2CC(O)C(CO)(C(F)(F)F)O2)c(=O)[nH]c1=O. The van der Waals surface area contributed by atoms with Crippen LogP contribution in [-0.2, 0) is 4.74 Å². The molecule has 3 atom stereocenters. The second-order valence-corrected chi connectivity index (χ2v) is 4.85. The summed E-state index contributed by atoms with van der Waals surface area (Å²) in [6.45, 7) is -0.117. The number of H-pyrrole nitrogens is 1. The lowest BCUT2D eigenvalue weighted by Crippen LogP contribution is -2.55. The molecule has 0 spiro atoms. The third-order valence-corrected chi connectivity index (χ3v) is 3.48. The van der Waals surface area contributed by atoms with E-state index in [1.165, 1.54) is 6.92 Å². The second kappa shape index (κ2) is 4.97. The van der Waals surface area contributed by atoms with Gasteiger partial charge >= 0.3 is 11.9 Å². The Bertz CT molecular complexity index is 652. The molecule has 1 aliphatic heterocycles. The Kier molecular flexibility index (Phi) is 3.72. The summed E-state index contributed by atoms with van der Waals surface area (Å²) in [5.74, 6) is 0. The Morgan fingerprint density at radius 3 is 2.62 bits per heavy atom. The minimum atomic E-state index is -5.02. The van der Waals surface area contributed by atoms with Crippen molar-refractivity contribution in [1.82, 2.24) is 9.55 Å². The highest BCUT2D eigenvalue weighted by atomic mass is 19.4. The van der Waals surface area contributed by atoms with E-state index in [1.54, 1.807) is 0 Å². The van der Waals surface area contributed by atoms with Gasteiger partial charge in [-0.3, -0.25) is 14.3 Å². The number of nitrogens with one attached hydrogen (secondary N) is 1. The van der Waals surface area contributed by atoms with Crippen LogP contribution in [0.1, 0.15) is 18.2 Å². The smallest absolute Gasteiger partial charge is 0.393 e. The van der Waals surface area contributed by atoms with Crippen LogP contribution in [0.4, 0.5) is 13.2 Å². The van der Waals surface area contributed by atoms with Crippen molar-refractivity contribution in [2.24, 2.45) is 0 Å². The Morgan fingerprint density at radius 2 is 2.14 bits per heavy atom. The van der Waals surface area contributed by atoms with E-state index in [4.69, 9.17) is 9.84 Å². The number of halogens is 3. The summed E-state index contributed by atoms with van der Waals surface area (Å²) in [5.41, 5.74) is -4.68. The van der Waals surface area contributed by atoms with Crippen LogP contribution in [0.5, 0.6) is 0 Å². The van der Waals surface area contributed by atoms with Gasteiger partial charge in [-0.1, -0.05) is 0 Å². The molecular weight excluding hydrogens is 297 g/mol. The predicted molar refractivity (Wildman–Crippen MR) is 62.7 cm³/mol. The van der Waals surface area contributed by atoms with E-state index in [0.717, 1.165) is 10.8 Å². The molecule has 0 aromatic carbocycles. The lowest BCUT2D eigenvalue weighted by Gasteiger charge is -2.32. The number of rotatable bonds is 2. The summed E-state index contributed by atoms with van der Waals surface area (Å²) in [5, 5.41) is 18.6. The molecule has 0 saturated carbocycles. The van der Waals surface area contributed by atoms with Gasteiger partial charge in [-0.25, -0.2) is 4.79 Å². The van der Waals surface area contributed by atoms with E-state index in [-0.39, 0.29) is 5.56 Å². The third kappa shape index (κ3) is 2.39. The topological polar surface area (TPSA) is 105 Å². The molecule has 3 unspecified atom stereocenters. The van der Waals surface area contributed by atoms with Gasteiger partial charge in [-0.15, -0.1) is 0 Å². The van der Waals surface area contributed by atoms with Gasteiger partial charge in [0.2, 0.25) is 5.60 Å². The molecule has 7 nitrogen and oxygen atoms in total. The third-order valence-electron chi connectivity index (χ3n) is 3.48. The van der Waals surface area contributed by atoms with Crippen molar-refractivity contribution in [3.05, 3.63) is 32.6 Å². The Labute approximate surface area is 115 Å². The van der Waals surface area contributed by atoms with Crippen LogP contribution in [0.25, 0.3) is 0 Å². The van der Waals surface area contributed by atoms with Crippen LogP contribution in [0.15, 0.2) is 15.8 Å². The van der Waals surface area contributed by atoms with Gasteiger partial charge in [0.25, 0.3) is 5.56 Å².